The molecule has 0 saturated heterocycles. The molecule has 0 unspecified atom stereocenters. The molecule has 0 aliphatic rings. The van der Waals surface area contributed by atoms with Gasteiger partial charge in [0.2, 0.25) is 20.0 Å². The number of hydrogen-bond acceptors (Lipinski definition) is 7. The lowest BCUT2D eigenvalue weighted by molar-refractivity contribution is 0.364. The lowest BCUT2D eigenvalue weighted by atomic mass is 10.3. The normalized spacial score (nSPS) is 15.1. The van der Waals surface area contributed by atoms with Crippen LogP contribution in [0.4, 0.5) is 30.9 Å². The fraction of sp³-hybridized carbons (Fsp3) is 0.167. The molecular weight excluding hydrogens is 540 g/mol. The van der Waals surface area contributed by atoms with Gasteiger partial charge in [-0.15, -0.1) is 0 Å². The minimum absolute atomic E-state index is 0.165. The van der Waals surface area contributed by atoms with E-state index in [2.05, 4.69) is 5.10 Å². The zero-order valence-corrected chi connectivity index (χ0v) is 19.0. The molecule has 2 rings (SSSR count). The second kappa shape index (κ2) is 6.51. The molecular formula is C12H10Cl2F5N5O4S3. The number of aromatic nitrogens is 2. The third kappa shape index (κ3) is 4.92. The zero-order valence-electron chi connectivity index (χ0n) is 15.0. The number of benzene rings is 1. The van der Waals surface area contributed by atoms with Crippen molar-refractivity contribution in [1.29, 1.82) is 5.26 Å². The Bertz CT molecular complexity index is 1310. The van der Waals surface area contributed by atoms with Gasteiger partial charge in [-0.2, -0.15) is 14.1 Å². The summed E-state index contributed by atoms with van der Waals surface area (Å²) in [6, 6.07) is 1.05. The molecule has 0 saturated carbocycles. The Morgan fingerprint density at radius 1 is 1.06 bits per heavy atom. The standard InChI is InChI=1S/C12H10Cl2F5N5O4S3/c1-29(25,26)24(30(2,27)28)11-9(5-20)22-23(12(11)21)10-7(13)3-6(4-8(10)14)31(15,16,17,18)19/h3-4H,21H2,1-2H3. The quantitative estimate of drug-likeness (QED) is 0.555. The predicted molar refractivity (Wildman–Crippen MR) is 106 cm³/mol. The van der Waals surface area contributed by atoms with Gasteiger partial charge in [0.05, 0.1) is 22.6 Å². The van der Waals surface area contributed by atoms with Gasteiger partial charge in [0.1, 0.15) is 22.3 Å². The maximum atomic E-state index is 13.1. The summed E-state index contributed by atoms with van der Waals surface area (Å²) in [4.78, 5) is -2.43. The molecule has 2 aromatic rings. The van der Waals surface area contributed by atoms with Crippen LogP contribution in [-0.2, 0) is 20.0 Å². The molecule has 9 nitrogen and oxygen atoms in total. The van der Waals surface area contributed by atoms with Crippen LogP contribution in [0.1, 0.15) is 5.69 Å². The fourth-order valence-corrected chi connectivity index (χ4v) is 6.84. The van der Waals surface area contributed by atoms with E-state index in [0.29, 0.717) is 17.2 Å². The van der Waals surface area contributed by atoms with Crippen molar-refractivity contribution in [2.24, 2.45) is 0 Å². The van der Waals surface area contributed by atoms with Crippen LogP contribution in [-0.4, -0.2) is 39.1 Å². The van der Waals surface area contributed by atoms with Gasteiger partial charge < -0.3 is 5.73 Å². The van der Waals surface area contributed by atoms with Crippen LogP contribution in [0.2, 0.25) is 10.0 Å². The van der Waals surface area contributed by atoms with Crippen molar-refractivity contribution in [1.82, 2.24) is 9.78 Å². The van der Waals surface area contributed by atoms with Gasteiger partial charge in [0.15, 0.2) is 11.5 Å². The van der Waals surface area contributed by atoms with E-state index in [1.807, 2.05) is 0 Å². The number of rotatable bonds is 5. The summed E-state index contributed by atoms with van der Waals surface area (Å²) in [6.07, 6.45) is 0.935. The van der Waals surface area contributed by atoms with E-state index in [1.165, 1.54) is 6.07 Å². The summed E-state index contributed by atoms with van der Waals surface area (Å²) in [5.74, 6) is -0.892. The molecule has 1 aromatic heterocycles. The van der Waals surface area contributed by atoms with Gasteiger partial charge in [-0.3, -0.25) is 0 Å². The monoisotopic (exact) mass is 549 g/mol. The van der Waals surface area contributed by atoms with E-state index in [9.17, 15) is 41.5 Å². The Hall–Kier alpha value is -2.00. The van der Waals surface area contributed by atoms with Gasteiger partial charge in [-0.25, -0.2) is 21.5 Å². The third-order valence-electron chi connectivity index (χ3n) is 3.43. The zero-order chi connectivity index (χ0) is 24.4. The largest absolute Gasteiger partial charge is 0.382 e. The summed E-state index contributed by atoms with van der Waals surface area (Å²) < 4.78 is 113. The second-order valence-corrected chi connectivity index (χ2v) is 13.2. The van der Waals surface area contributed by atoms with Crippen molar-refractivity contribution in [3.8, 4) is 11.8 Å². The first-order chi connectivity index (χ1) is 13.5. The van der Waals surface area contributed by atoms with E-state index in [0.717, 1.165) is 0 Å². The first-order valence-corrected chi connectivity index (χ1v) is 13.6. The molecule has 31 heavy (non-hydrogen) atoms. The molecule has 0 atom stereocenters. The van der Waals surface area contributed by atoms with Gasteiger partial charge in [0.25, 0.3) is 0 Å². The summed E-state index contributed by atoms with van der Waals surface area (Å²) >= 11 is 11.4. The number of nitrogens with two attached hydrogens (primary N) is 1. The SMILES string of the molecule is CS(=O)(=O)N(c1c(C#N)nn(-c2c(Cl)cc(S(F)(F)(F)(F)F)cc2Cl)c1N)S(C)(=O)=O. The third-order valence-corrected chi connectivity index (χ3v) is 8.33. The highest BCUT2D eigenvalue weighted by molar-refractivity contribution is 8.45. The summed E-state index contributed by atoms with van der Waals surface area (Å²) in [7, 11) is -19.4. The van der Waals surface area contributed by atoms with Crippen molar-refractivity contribution in [3.05, 3.63) is 27.9 Å². The number of nitrogens with zero attached hydrogens (tertiary/aromatic N) is 4. The maximum Gasteiger partial charge on any atom is 0.310 e. The summed E-state index contributed by atoms with van der Waals surface area (Å²) in [5, 5.41) is 10.7. The average molecular weight is 550 g/mol. The Morgan fingerprint density at radius 2 is 1.48 bits per heavy atom. The molecule has 1 heterocycles. The molecule has 0 bridgehead atoms. The maximum absolute atomic E-state index is 13.1. The molecule has 0 radical (unpaired) electrons. The smallest absolute Gasteiger partial charge is 0.310 e. The highest BCUT2D eigenvalue weighted by atomic mass is 35.5. The lowest BCUT2D eigenvalue weighted by Gasteiger charge is -2.40. The van der Waals surface area contributed by atoms with E-state index in [1.54, 1.807) is 0 Å². The van der Waals surface area contributed by atoms with E-state index in [-0.39, 0.29) is 15.8 Å². The van der Waals surface area contributed by atoms with Crippen LogP contribution in [0.25, 0.3) is 5.69 Å². The van der Waals surface area contributed by atoms with Crippen molar-refractivity contribution >= 4 is 65.0 Å². The number of sulfonamides is 2. The molecule has 174 valence electrons. The topological polar surface area (TPSA) is 139 Å². The Balaban J connectivity index is 2.93. The van der Waals surface area contributed by atoms with Crippen molar-refractivity contribution < 1.29 is 36.3 Å². The summed E-state index contributed by atoms with van der Waals surface area (Å²) in [5.41, 5.74) is 3.13. The molecule has 0 fully saturated rings. The average Bonchev–Trinajstić information content (AvgIpc) is 2.79. The predicted octanol–water partition coefficient (Wildman–Crippen LogP) is 4.02. The van der Waals surface area contributed by atoms with Crippen LogP contribution in [0.3, 0.4) is 0 Å². The Kier molecular flexibility index (Phi) is 5.30. The molecule has 0 aliphatic heterocycles. The van der Waals surface area contributed by atoms with Crippen LogP contribution >= 0.6 is 33.4 Å². The number of hydrogen-bond donors (Lipinski definition) is 1. The van der Waals surface area contributed by atoms with Crippen molar-refractivity contribution in [2.75, 3.05) is 22.0 Å². The number of anilines is 2. The minimum atomic E-state index is -10.2. The second-order valence-electron chi connectivity index (χ2n) is 6.03. The Labute approximate surface area is 182 Å². The van der Waals surface area contributed by atoms with E-state index >= 15 is 0 Å². The molecule has 0 aliphatic carbocycles. The van der Waals surface area contributed by atoms with Crippen LogP contribution < -0.4 is 9.44 Å². The molecule has 1 aromatic carbocycles. The van der Waals surface area contributed by atoms with Crippen LogP contribution in [0, 0.1) is 11.3 Å². The van der Waals surface area contributed by atoms with E-state index in [4.69, 9.17) is 28.9 Å². The number of halogens is 7. The van der Waals surface area contributed by atoms with Crippen molar-refractivity contribution in [2.45, 2.75) is 4.90 Å². The van der Waals surface area contributed by atoms with Gasteiger partial charge >= 0.3 is 10.2 Å². The molecule has 19 heteroatoms. The fourth-order valence-electron chi connectivity index (χ4n) is 2.39. The van der Waals surface area contributed by atoms with Crippen LogP contribution in [0.15, 0.2) is 17.0 Å². The first-order valence-electron chi connectivity index (χ1n) is 7.21. The summed E-state index contributed by atoms with van der Waals surface area (Å²) in [6.45, 7) is 0. The van der Waals surface area contributed by atoms with Gasteiger partial charge in [-0.05, 0) is 12.1 Å². The van der Waals surface area contributed by atoms with Crippen molar-refractivity contribution in [3.63, 3.8) is 0 Å². The highest BCUT2D eigenvalue weighted by Crippen LogP contribution is 3.02. The molecule has 0 amide bonds. The van der Waals surface area contributed by atoms with Gasteiger partial charge in [0, 0.05) is 0 Å². The lowest BCUT2D eigenvalue weighted by Crippen LogP contribution is -2.36. The number of nitriles is 1. The van der Waals surface area contributed by atoms with Crippen LogP contribution in [0.5, 0.6) is 0 Å². The molecule has 0 spiro atoms. The highest BCUT2D eigenvalue weighted by Gasteiger charge is 2.65. The van der Waals surface area contributed by atoms with Gasteiger partial charge in [-0.1, -0.05) is 42.6 Å². The Morgan fingerprint density at radius 3 is 1.81 bits per heavy atom. The number of nitrogen functional groups attached to an aromatic ring is 1. The first kappa shape index (κ1) is 25.3. The van der Waals surface area contributed by atoms with E-state index < -0.39 is 68.1 Å². The minimum Gasteiger partial charge on any atom is -0.382 e. The molecule has 2 N–H and O–H groups in total.